The maximum Gasteiger partial charge on any atom is 0.0562 e. The van der Waals surface area contributed by atoms with Gasteiger partial charge in [-0.15, -0.1) is 0 Å². The molecule has 1 aromatic heterocycles. The Morgan fingerprint density at radius 3 is 1.94 bits per heavy atom. The molecule has 0 saturated heterocycles. The standard InChI is InChI=1S/C45H36N2.C5H10.C4H10.3C2H6/c1-32-16-13-14-27-46(38-24-15-21-36(29-38)41(35-19-9-10-20-35)28-33(2)34-17-5-3-6-18-34)44-31-45-42(30-40(32)44)39-25-11-12-26-43(39)47(45)37-22-7-4-8-23-37;1-3-5-4-2;1-3-4-2;3*1-2/h3-19,21-31,41H,1,20H2,2H3;3,5H,4H2,1-2H3;3-4H2,1-2H3;3*1-2H3/b16-13-,27-14-,33-28+;5-3-;;;;. The van der Waals surface area contributed by atoms with Gasteiger partial charge in [0.25, 0.3) is 0 Å². The van der Waals surface area contributed by atoms with E-state index in [-0.39, 0.29) is 5.92 Å². The minimum Gasteiger partial charge on any atom is -0.316 e. The van der Waals surface area contributed by atoms with Gasteiger partial charge in [-0.3, -0.25) is 0 Å². The summed E-state index contributed by atoms with van der Waals surface area (Å²) in [6, 6.07) is 43.8. The van der Waals surface area contributed by atoms with Gasteiger partial charge in [0.1, 0.15) is 0 Å². The second-order valence-electron chi connectivity index (χ2n) is 14.3. The second-order valence-corrected chi connectivity index (χ2v) is 14.3. The Hall–Kier alpha value is -6.12. The summed E-state index contributed by atoms with van der Waals surface area (Å²) in [6.45, 7) is 27.3. The molecule has 1 aliphatic heterocycles. The fraction of sp³-hybridized carbons (Fsp3) is 0.267. The van der Waals surface area contributed by atoms with Crippen molar-refractivity contribution >= 4 is 44.3 Å². The van der Waals surface area contributed by atoms with Crippen LogP contribution in [0.5, 0.6) is 0 Å². The number of hydrogen-bond acceptors (Lipinski definition) is 1. The summed E-state index contributed by atoms with van der Waals surface area (Å²) in [5.74, 6) is 0.168. The average molecular weight is 823 g/mol. The van der Waals surface area contributed by atoms with Crippen LogP contribution >= 0.6 is 0 Å². The lowest BCUT2D eigenvalue weighted by atomic mass is 9.87. The van der Waals surface area contributed by atoms with E-state index in [0.29, 0.717) is 0 Å². The molecule has 0 bridgehead atoms. The monoisotopic (exact) mass is 823 g/mol. The molecule has 0 amide bonds. The van der Waals surface area contributed by atoms with Crippen molar-refractivity contribution < 1.29 is 0 Å². The van der Waals surface area contributed by atoms with Crippen LogP contribution in [-0.4, -0.2) is 4.57 Å². The Labute approximate surface area is 376 Å². The van der Waals surface area contributed by atoms with Crippen molar-refractivity contribution in [1.82, 2.24) is 4.57 Å². The van der Waals surface area contributed by atoms with Crippen LogP contribution in [-0.2, 0) is 0 Å². The van der Waals surface area contributed by atoms with Crippen LogP contribution in [0.1, 0.15) is 124 Å². The van der Waals surface area contributed by atoms with Crippen LogP contribution in [0.15, 0.2) is 194 Å². The van der Waals surface area contributed by atoms with Gasteiger partial charge in [0.2, 0.25) is 0 Å². The van der Waals surface area contributed by atoms with Crippen molar-refractivity contribution in [2.45, 2.75) is 108 Å². The molecule has 0 N–H and O–H groups in total. The normalized spacial score (nSPS) is 14.1. The van der Waals surface area contributed by atoms with Gasteiger partial charge in [-0.1, -0.05) is 215 Å². The van der Waals surface area contributed by atoms with E-state index in [1.54, 1.807) is 0 Å². The Kier molecular flexibility index (Phi) is 22.4. The number of anilines is 2. The number of fused-ring (bicyclic) bond motifs is 4. The molecule has 2 aliphatic rings. The second kappa shape index (κ2) is 27.7. The highest BCUT2D eigenvalue weighted by atomic mass is 15.1. The molecule has 1 aliphatic carbocycles. The van der Waals surface area contributed by atoms with Crippen molar-refractivity contribution in [1.29, 1.82) is 0 Å². The Morgan fingerprint density at radius 1 is 0.677 bits per heavy atom. The van der Waals surface area contributed by atoms with Gasteiger partial charge in [0, 0.05) is 39.8 Å². The molecule has 2 nitrogen and oxygen atoms in total. The van der Waals surface area contributed by atoms with Crippen LogP contribution < -0.4 is 4.90 Å². The van der Waals surface area contributed by atoms with E-state index in [2.05, 4.69) is 226 Å². The Morgan fingerprint density at radius 2 is 1.32 bits per heavy atom. The van der Waals surface area contributed by atoms with E-state index >= 15 is 0 Å². The van der Waals surface area contributed by atoms with E-state index in [1.807, 2.05) is 48.5 Å². The highest BCUT2D eigenvalue weighted by Crippen LogP contribution is 2.43. The van der Waals surface area contributed by atoms with Crippen molar-refractivity contribution in [3.05, 3.63) is 211 Å². The fourth-order valence-electron chi connectivity index (χ4n) is 7.28. The summed E-state index contributed by atoms with van der Waals surface area (Å²) < 4.78 is 2.38. The summed E-state index contributed by atoms with van der Waals surface area (Å²) in [5, 5.41) is 2.46. The van der Waals surface area contributed by atoms with Crippen LogP contribution in [0.25, 0.3) is 38.6 Å². The van der Waals surface area contributed by atoms with Crippen molar-refractivity contribution in [3.63, 3.8) is 0 Å². The summed E-state index contributed by atoms with van der Waals surface area (Å²) in [5.41, 5.74) is 13.1. The zero-order valence-electron chi connectivity index (χ0n) is 39.8. The molecule has 0 radical (unpaired) electrons. The third-order valence-corrected chi connectivity index (χ3v) is 10.4. The van der Waals surface area contributed by atoms with Crippen molar-refractivity contribution in [2.24, 2.45) is 0 Å². The first-order valence-corrected chi connectivity index (χ1v) is 23.3. The van der Waals surface area contributed by atoms with Crippen LogP contribution in [0.4, 0.5) is 11.4 Å². The number of rotatable bonds is 8. The molecule has 8 rings (SSSR count). The SMILES string of the molecule is C/C=C\CC.C=C1/C=C\C=C/N(c2cccc(C(/C=C(\C)c3ccccc3)C3=CC=CC3)c2)c2cc3c(cc21)c1ccccc1n3-c1ccccc1.CC.CC.CC.CCCC. The number of unbranched alkanes of at least 4 members (excludes halogenated alkanes) is 1. The molecule has 324 valence electrons. The van der Waals surface area contributed by atoms with Gasteiger partial charge in [0.15, 0.2) is 0 Å². The molecule has 0 fully saturated rings. The third kappa shape index (κ3) is 12.9. The smallest absolute Gasteiger partial charge is 0.0562 e. The first kappa shape index (κ1) is 50.2. The number of aromatic nitrogens is 1. The molecule has 62 heavy (non-hydrogen) atoms. The first-order valence-electron chi connectivity index (χ1n) is 23.3. The number of allylic oxidation sites excluding steroid dienone is 12. The molecular formula is C60H74N2. The largest absolute Gasteiger partial charge is 0.316 e. The molecule has 2 heteroatoms. The Bertz CT molecular complexity index is 2430. The van der Waals surface area contributed by atoms with E-state index in [1.165, 1.54) is 56.9 Å². The van der Waals surface area contributed by atoms with Gasteiger partial charge >= 0.3 is 0 Å². The highest BCUT2D eigenvalue weighted by molar-refractivity contribution is 6.12. The zero-order chi connectivity index (χ0) is 45.3. The minimum absolute atomic E-state index is 0.168. The van der Waals surface area contributed by atoms with Gasteiger partial charge < -0.3 is 9.47 Å². The van der Waals surface area contributed by atoms with Gasteiger partial charge in [-0.05, 0) is 97.5 Å². The highest BCUT2D eigenvalue weighted by Gasteiger charge is 2.22. The zero-order valence-corrected chi connectivity index (χ0v) is 39.8. The van der Waals surface area contributed by atoms with Gasteiger partial charge in [-0.2, -0.15) is 0 Å². The molecule has 2 heterocycles. The molecular weight excluding hydrogens is 749 g/mol. The van der Waals surface area contributed by atoms with Gasteiger partial charge in [-0.25, -0.2) is 0 Å². The molecule has 0 saturated carbocycles. The summed E-state index contributed by atoms with van der Waals surface area (Å²) in [4.78, 5) is 2.33. The predicted octanol–water partition coefficient (Wildman–Crippen LogP) is 18.9. The van der Waals surface area contributed by atoms with E-state index in [0.717, 1.165) is 41.0 Å². The maximum atomic E-state index is 4.52. The molecule has 6 aromatic rings. The maximum absolute atomic E-state index is 4.52. The van der Waals surface area contributed by atoms with Crippen LogP contribution in [0, 0.1) is 0 Å². The minimum atomic E-state index is 0.168. The summed E-state index contributed by atoms with van der Waals surface area (Å²) >= 11 is 0. The van der Waals surface area contributed by atoms with Crippen molar-refractivity contribution in [3.8, 4) is 5.69 Å². The number of para-hydroxylation sites is 2. The predicted molar refractivity (Wildman–Crippen MR) is 281 cm³/mol. The summed E-state index contributed by atoms with van der Waals surface area (Å²) in [7, 11) is 0. The number of nitrogens with zero attached hydrogens (tertiary/aromatic N) is 2. The van der Waals surface area contributed by atoms with E-state index < -0.39 is 0 Å². The average Bonchev–Trinajstić information content (AvgIpc) is 3.99. The first-order chi connectivity index (χ1) is 30.5. The lowest BCUT2D eigenvalue weighted by Gasteiger charge is -2.27. The third-order valence-electron chi connectivity index (χ3n) is 10.4. The van der Waals surface area contributed by atoms with Gasteiger partial charge in [0.05, 0.1) is 16.7 Å². The number of hydrogen-bond donors (Lipinski definition) is 0. The number of benzene rings is 5. The van der Waals surface area contributed by atoms with E-state index in [9.17, 15) is 0 Å². The molecule has 0 spiro atoms. The quantitative estimate of drug-likeness (QED) is 0.139. The Balaban J connectivity index is 0.000000604. The molecule has 1 unspecified atom stereocenters. The van der Waals surface area contributed by atoms with Crippen LogP contribution in [0.2, 0.25) is 0 Å². The molecule has 1 atom stereocenters. The lowest BCUT2D eigenvalue weighted by Crippen LogP contribution is -2.12. The van der Waals surface area contributed by atoms with Crippen LogP contribution in [0.3, 0.4) is 0 Å². The lowest BCUT2D eigenvalue weighted by molar-refractivity contribution is 0.886. The van der Waals surface area contributed by atoms with E-state index in [4.69, 9.17) is 0 Å². The summed E-state index contributed by atoms with van der Waals surface area (Å²) in [6.07, 6.45) is 26.6. The topological polar surface area (TPSA) is 8.17 Å². The fourth-order valence-corrected chi connectivity index (χ4v) is 7.28. The molecule has 5 aromatic carbocycles. The van der Waals surface area contributed by atoms with Crippen molar-refractivity contribution in [2.75, 3.05) is 4.90 Å².